The Morgan fingerprint density at radius 1 is 1.73 bits per heavy atom. The van der Waals surface area contributed by atoms with Crippen LogP contribution in [0.2, 0.25) is 0 Å². The fraction of sp³-hybridized carbons (Fsp3) is 0.556. The van der Waals surface area contributed by atoms with E-state index in [2.05, 4.69) is 5.10 Å². The zero-order chi connectivity index (χ0) is 11.4. The predicted molar refractivity (Wildman–Crippen MR) is 58.5 cm³/mol. The summed E-state index contributed by atoms with van der Waals surface area (Å²) in [5.74, 6) is -0.827. The number of rotatable bonds is 5. The average Bonchev–Trinajstić information content (AvgIpc) is 2.49. The molecule has 5 nitrogen and oxygen atoms in total. The molecule has 1 N–H and O–H groups in total. The lowest BCUT2D eigenvalue weighted by atomic mass is 10.4. The van der Waals surface area contributed by atoms with E-state index in [4.69, 9.17) is 5.11 Å². The van der Waals surface area contributed by atoms with Crippen molar-refractivity contribution in [1.29, 1.82) is 0 Å². The van der Waals surface area contributed by atoms with Crippen LogP contribution in [0.1, 0.15) is 13.8 Å². The third kappa shape index (κ3) is 3.93. The van der Waals surface area contributed by atoms with E-state index in [-0.39, 0.29) is 12.6 Å². The second-order valence-corrected chi connectivity index (χ2v) is 4.55. The van der Waals surface area contributed by atoms with Crippen LogP contribution in [0.3, 0.4) is 0 Å². The summed E-state index contributed by atoms with van der Waals surface area (Å²) >= 11 is 1.37. The monoisotopic (exact) mass is 229 g/mol. The number of carboxylic acids is 1. The Morgan fingerprint density at radius 2 is 2.40 bits per heavy atom. The molecule has 6 heteroatoms. The molecule has 0 aliphatic rings. The minimum atomic E-state index is -0.827. The minimum Gasteiger partial charge on any atom is -0.480 e. The standard InChI is InChI=1S/C9H15N3O2S/c1-7(2)12(6-9(13)14)15-8-4-5-11(3)10-8/h4-5,7H,6H2,1-3H3,(H,13,14). The summed E-state index contributed by atoms with van der Waals surface area (Å²) in [7, 11) is 1.83. The molecule has 0 amide bonds. The highest BCUT2D eigenvalue weighted by molar-refractivity contribution is 7.97. The second-order valence-electron chi connectivity index (χ2n) is 3.48. The van der Waals surface area contributed by atoms with Gasteiger partial charge in [-0.3, -0.25) is 9.48 Å². The molecular formula is C9H15N3O2S. The molecule has 0 radical (unpaired) electrons. The van der Waals surface area contributed by atoms with Gasteiger partial charge >= 0.3 is 5.97 Å². The van der Waals surface area contributed by atoms with Gasteiger partial charge in [-0.05, 0) is 31.9 Å². The van der Waals surface area contributed by atoms with Crippen LogP contribution in [-0.2, 0) is 11.8 Å². The van der Waals surface area contributed by atoms with Crippen LogP contribution in [0.25, 0.3) is 0 Å². The number of hydrogen-bond donors (Lipinski definition) is 1. The number of carboxylic acid groups (broad SMARTS) is 1. The largest absolute Gasteiger partial charge is 0.480 e. The molecule has 1 aromatic rings. The van der Waals surface area contributed by atoms with Gasteiger partial charge in [-0.15, -0.1) is 0 Å². The maximum Gasteiger partial charge on any atom is 0.318 e. The molecule has 84 valence electrons. The maximum atomic E-state index is 10.6. The van der Waals surface area contributed by atoms with Gasteiger partial charge in [0.1, 0.15) is 11.6 Å². The predicted octanol–water partition coefficient (Wildman–Crippen LogP) is 1.22. The second kappa shape index (κ2) is 5.18. The van der Waals surface area contributed by atoms with Gasteiger partial charge in [-0.2, -0.15) is 5.10 Å². The summed E-state index contributed by atoms with van der Waals surface area (Å²) in [6.45, 7) is 3.93. The highest BCUT2D eigenvalue weighted by atomic mass is 32.2. The van der Waals surface area contributed by atoms with E-state index in [0.29, 0.717) is 0 Å². The van der Waals surface area contributed by atoms with Gasteiger partial charge in [-0.25, -0.2) is 4.31 Å². The van der Waals surface area contributed by atoms with Gasteiger partial charge in [0.05, 0.1) is 0 Å². The van der Waals surface area contributed by atoms with Crippen LogP contribution in [0.4, 0.5) is 0 Å². The first-order valence-corrected chi connectivity index (χ1v) is 5.42. The van der Waals surface area contributed by atoms with Crippen molar-refractivity contribution in [3.8, 4) is 0 Å². The van der Waals surface area contributed by atoms with Gasteiger partial charge in [0.25, 0.3) is 0 Å². The molecule has 1 heterocycles. The summed E-state index contributed by atoms with van der Waals surface area (Å²) in [6.07, 6.45) is 1.83. The van der Waals surface area contributed by atoms with Gasteiger partial charge < -0.3 is 5.11 Å². The first-order valence-electron chi connectivity index (χ1n) is 4.65. The molecule has 0 aromatic carbocycles. The highest BCUT2D eigenvalue weighted by Gasteiger charge is 2.15. The van der Waals surface area contributed by atoms with E-state index in [9.17, 15) is 4.79 Å². The Balaban J connectivity index is 2.62. The molecule has 0 atom stereocenters. The maximum absolute atomic E-state index is 10.6. The van der Waals surface area contributed by atoms with Crippen molar-refractivity contribution in [2.75, 3.05) is 6.54 Å². The topological polar surface area (TPSA) is 58.4 Å². The Kier molecular flexibility index (Phi) is 4.16. The summed E-state index contributed by atoms with van der Waals surface area (Å²) in [6, 6.07) is 2.02. The minimum absolute atomic E-state index is 0.0128. The van der Waals surface area contributed by atoms with E-state index < -0.39 is 5.97 Å². The lowest BCUT2D eigenvalue weighted by molar-refractivity contribution is -0.137. The third-order valence-corrected chi connectivity index (χ3v) is 2.96. The van der Waals surface area contributed by atoms with Crippen LogP contribution < -0.4 is 0 Å². The summed E-state index contributed by atoms with van der Waals surface area (Å²) in [5, 5.41) is 13.7. The van der Waals surface area contributed by atoms with Crippen LogP contribution in [-0.4, -0.2) is 37.7 Å². The lowest BCUT2D eigenvalue weighted by Gasteiger charge is -2.21. The van der Waals surface area contributed by atoms with E-state index in [1.54, 1.807) is 8.99 Å². The number of carbonyl (C=O) groups is 1. The van der Waals surface area contributed by atoms with Crippen LogP contribution in [0, 0.1) is 0 Å². The highest BCUT2D eigenvalue weighted by Crippen LogP contribution is 2.22. The molecular weight excluding hydrogens is 214 g/mol. The molecule has 0 saturated heterocycles. The lowest BCUT2D eigenvalue weighted by Crippen LogP contribution is -2.29. The van der Waals surface area contributed by atoms with Gasteiger partial charge in [-0.1, -0.05) is 0 Å². The van der Waals surface area contributed by atoms with Crippen molar-refractivity contribution in [3.63, 3.8) is 0 Å². The quantitative estimate of drug-likeness (QED) is 0.769. The first-order chi connectivity index (χ1) is 6.99. The van der Waals surface area contributed by atoms with Crippen LogP contribution in [0.5, 0.6) is 0 Å². The summed E-state index contributed by atoms with van der Waals surface area (Å²) in [4.78, 5) is 10.6. The SMILES string of the molecule is CC(C)N(CC(=O)O)Sc1ccn(C)n1. The Hall–Kier alpha value is -1.01. The van der Waals surface area contributed by atoms with Crippen molar-refractivity contribution in [1.82, 2.24) is 14.1 Å². The van der Waals surface area contributed by atoms with Gasteiger partial charge in [0, 0.05) is 19.3 Å². The third-order valence-electron chi connectivity index (χ3n) is 1.77. The Morgan fingerprint density at radius 3 is 2.80 bits per heavy atom. The number of aliphatic carboxylic acids is 1. The zero-order valence-electron chi connectivity index (χ0n) is 9.04. The normalized spacial score (nSPS) is 11.3. The molecule has 0 saturated carbocycles. The fourth-order valence-electron chi connectivity index (χ4n) is 1.02. The molecule has 0 bridgehead atoms. The molecule has 1 rings (SSSR count). The Labute approximate surface area is 93.2 Å². The van der Waals surface area contributed by atoms with E-state index in [0.717, 1.165) is 5.03 Å². The van der Waals surface area contributed by atoms with E-state index in [1.165, 1.54) is 11.9 Å². The molecule has 0 fully saturated rings. The number of nitrogens with zero attached hydrogens (tertiary/aromatic N) is 3. The molecule has 0 spiro atoms. The molecule has 0 aliphatic carbocycles. The van der Waals surface area contributed by atoms with Crippen LogP contribution >= 0.6 is 11.9 Å². The van der Waals surface area contributed by atoms with Crippen molar-refractivity contribution < 1.29 is 9.90 Å². The summed E-state index contributed by atoms with van der Waals surface area (Å²) in [5.41, 5.74) is 0. The smallest absolute Gasteiger partial charge is 0.318 e. The van der Waals surface area contributed by atoms with Gasteiger partial charge in [0.15, 0.2) is 0 Å². The molecule has 0 aliphatic heterocycles. The fourth-order valence-corrected chi connectivity index (χ4v) is 1.93. The van der Waals surface area contributed by atoms with E-state index >= 15 is 0 Å². The van der Waals surface area contributed by atoms with Gasteiger partial charge in [0.2, 0.25) is 0 Å². The zero-order valence-corrected chi connectivity index (χ0v) is 9.86. The van der Waals surface area contributed by atoms with E-state index in [1.807, 2.05) is 33.2 Å². The average molecular weight is 229 g/mol. The summed E-state index contributed by atoms with van der Waals surface area (Å²) < 4.78 is 3.48. The Bertz CT molecular complexity index is 338. The van der Waals surface area contributed by atoms with Crippen LogP contribution in [0.15, 0.2) is 17.3 Å². The molecule has 0 unspecified atom stereocenters. The van der Waals surface area contributed by atoms with Crippen molar-refractivity contribution >= 4 is 17.9 Å². The number of aryl methyl sites for hydroxylation is 1. The molecule has 1 aromatic heterocycles. The first kappa shape index (κ1) is 12.1. The number of hydrogen-bond acceptors (Lipinski definition) is 4. The van der Waals surface area contributed by atoms with Crippen molar-refractivity contribution in [3.05, 3.63) is 12.3 Å². The van der Waals surface area contributed by atoms with Crippen molar-refractivity contribution in [2.45, 2.75) is 24.9 Å². The number of aromatic nitrogens is 2. The molecule has 15 heavy (non-hydrogen) atoms. The van der Waals surface area contributed by atoms with Crippen molar-refractivity contribution in [2.24, 2.45) is 7.05 Å².